The zero-order valence-corrected chi connectivity index (χ0v) is 19.3. The van der Waals surface area contributed by atoms with E-state index in [0.29, 0.717) is 11.4 Å². The molecule has 0 atom stereocenters. The number of thiophene rings is 1. The Morgan fingerprint density at radius 3 is 2.50 bits per heavy atom. The number of imidazole rings is 1. The van der Waals surface area contributed by atoms with Crippen molar-refractivity contribution in [2.45, 2.75) is 26.2 Å². The van der Waals surface area contributed by atoms with Crippen molar-refractivity contribution in [2.75, 3.05) is 10.2 Å². The van der Waals surface area contributed by atoms with Gasteiger partial charge in [-0.3, -0.25) is 9.59 Å². The lowest BCUT2D eigenvalue weighted by atomic mass is 10.2. The highest BCUT2D eigenvalue weighted by molar-refractivity contribution is 7.07. The van der Waals surface area contributed by atoms with Crippen LogP contribution in [-0.4, -0.2) is 21.4 Å². The molecule has 0 fully saturated rings. The third-order valence-corrected chi connectivity index (χ3v) is 6.06. The smallest absolute Gasteiger partial charge is 0.326 e. The predicted molar refractivity (Wildman–Crippen MR) is 126 cm³/mol. The second-order valence-electron chi connectivity index (χ2n) is 7.51. The number of alkyl halides is 3. The summed E-state index contributed by atoms with van der Waals surface area (Å²) in [5.41, 5.74) is 1.54. The molecule has 11 heteroatoms. The fourth-order valence-electron chi connectivity index (χ4n) is 3.46. The van der Waals surface area contributed by atoms with Crippen LogP contribution < -0.4 is 10.2 Å². The molecule has 6 nitrogen and oxygen atoms in total. The first-order valence-electron chi connectivity index (χ1n) is 10.0. The highest BCUT2D eigenvalue weighted by Crippen LogP contribution is 2.32. The standard InChI is InChI=1S/C23H18ClF3N4O2S/c1-14(32)28-17-3-5-18(6-4-17)30(11-15-8-9-34-13-15)21(33)12-31-20-10-16(23(25,26)27)2-7-19(20)29-22(31)24/h2-10,13H,11-12H2,1H3,(H,28,32). The third-order valence-electron chi connectivity index (χ3n) is 5.04. The van der Waals surface area contributed by atoms with E-state index in [1.807, 2.05) is 16.8 Å². The highest BCUT2D eigenvalue weighted by Gasteiger charge is 2.31. The summed E-state index contributed by atoms with van der Waals surface area (Å²) in [6, 6.07) is 11.7. The predicted octanol–water partition coefficient (Wildman–Crippen LogP) is 5.96. The maximum atomic E-state index is 13.4. The van der Waals surface area contributed by atoms with Crippen molar-refractivity contribution in [1.82, 2.24) is 9.55 Å². The Hall–Kier alpha value is -3.37. The molecule has 34 heavy (non-hydrogen) atoms. The summed E-state index contributed by atoms with van der Waals surface area (Å²) in [6.45, 7) is 1.33. The Balaban J connectivity index is 1.67. The minimum Gasteiger partial charge on any atom is -0.326 e. The van der Waals surface area contributed by atoms with Gasteiger partial charge in [-0.25, -0.2) is 4.98 Å². The SMILES string of the molecule is CC(=O)Nc1ccc(N(Cc2ccsc2)C(=O)Cn2c(Cl)nc3ccc(C(F)(F)F)cc32)cc1. The van der Waals surface area contributed by atoms with E-state index >= 15 is 0 Å². The number of aromatic nitrogens is 2. The molecular formula is C23H18ClF3N4O2S. The lowest BCUT2D eigenvalue weighted by Crippen LogP contribution is -2.33. The van der Waals surface area contributed by atoms with Gasteiger partial charge in [0.1, 0.15) is 6.54 Å². The maximum Gasteiger partial charge on any atom is 0.416 e. The first-order chi connectivity index (χ1) is 16.1. The number of carbonyl (C=O) groups excluding carboxylic acids is 2. The van der Waals surface area contributed by atoms with Gasteiger partial charge in [0.05, 0.1) is 23.1 Å². The van der Waals surface area contributed by atoms with E-state index in [1.54, 1.807) is 24.3 Å². The van der Waals surface area contributed by atoms with E-state index in [-0.39, 0.29) is 35.3 Å². The molecule has 2 heterocycles. The second kappa shape index (κ2) is 9.47. The van der Waals surface area contributed by atoms with Gasteiger partial charge >= 0.3 is 6.18 Å². The van der Waals surface area contributed by atoms with Crippen LogP contribution in [0, 0.1) is 0 Å². The largest absolute Gasteiger partial charge is 0.416 e. The van der Waals surface area contributed by atoms with Crippen LogP contribution in [0.3, 0.4) is 0 Å². The molecule has 0 saturated heterocycles. The van der Waals surface area contributed by atoms with E-state index in [9.17, 15) is 22.8 Å². The van der Waals surface area contributed by atoms with Crippen molar-refractivity contribution in [3.05, 3.63) is 75.7 Å². The van der Waals surface area contributed by atoms with Gasteiger partial charge in [0, 0.05) is 18.3 Å². The van der Waals surface area contributed by atoms with Gasteiger partial charge in [0.15, 0.2) is 0 Å². The molecular weight excluding hydrogens is 489 g/mol. The number of anilines is 2. The van der Waals surface area contributed by atoms with Gasteiger partial charge in [-0.2, -0.15) is 24.5 Å². The molecule has 0 bridgehead atoms. The van der Waals surface area contributed by atoms with Gasteiger partial charge < -0.3 is 14.8 Å². The number of nitrogens with zero attached hydrogens (tertiary/aromatic N) is 3. The van der Waals surface area contributed by atoms with Crippen molar-refractivity contribution in [3.8, 4) is 0 Å². The van der Waals surface area contributed by atoms with Crippen molar-refractivity contribution in [1.29, 1.82) is 0 Å². The summed E-state index contributed by atoms with van der Waals surface area (Å²) < 4.78 is 40.9. The molecule has 0 aliphatic heterocycles. The number of halogens is 4. The van der Waals surface area contributed by atoms with Crippen LogP contribution in [0.4, 0.5) is 24.5 Å². The summed E-state index contributed by atoms with van der Waals surface area (Å²) in [7, 11) is 0. The van der Waals surface area contributed by atoms with E-state index < -0.39 is 17.6 Å². The van der Waals surface area contributed by atoms with Crippen molar-refractivity contribution < 1.29 is 22.8 Å². The van der Waals surface area contributed by atoms with Crippen LogP contribution in [0.2, 0.25) is 5.28 Å². The van der Waals surface area contributed by atoms with Gasteiger partial charge in [0.2, 0.25) is 17.1 Å². The Kier molecular flexibility index (Phi) is 6.63. The highest BCUT2D eigenvalue weighted by atomic mass is 35.5. The summed E-state index contributed by atoms with van der Waals surface area (Å²) >= 11 is 7.69. The fraction of sp³-hybridized carbons (Fsp3) is 0.174. The van der Waals surface area contributed by atoms with Crippen LogP contribution in [-0.2, 0) is 28.9 Å². The van der Waals surface area contributed by atoms with Gasteiger partial charge in [-0.1, -0.05) is 0 Å². The maximum absolute atomic E-state index is 13.4. The molecule has 2 aromatic carbocycles. The average Bonchev–Trinajstić information content (AvgIpc) is 3.39. The van der Waals surface area contributed by atoms with E-state index in [0.717, 1.165) is 17.7 Å². The Morgan fingerprint density at radius 1 is 1.15 bits per heavy atom. The molecule has 0 radical (unpaired) electrons. The van der Waals surface area contributed by atoms with Crippen LogP contribution >= 0.6 is 22.9 Å². The molecule has 2 amide bonds. The van der Waals surface area contributed by atoms with E-state index in [1.165, 1.54) is 33.8 Å². The number of rotatable bonds is 6. The minimum atomic E-state index is -4.54. The number of carbonyl (C=O) groups is 2. The zero-order valence-electron chi connectivity index (χ0n) is 17.8. The Labute approximate surface area is 201 Å². The van der Waals surface area contributed by atoms with Gasteiger partial charge in [-0.05, 0) is 76.5 Å². The second-order valence-corrected chi connectivity index (χ2v) is 8.63. The van der Waals surface area contributed by atoms with Gasteiger partial charge in [0.25, 0.3) is 0 Å². The summed E-state index contributed by atoms with van der Waals surface area (Å²) in [5.74, 6) is -0.615. The number of nitrogens with one attached hydrogen (secondary N) is 1. The van der Waals surface area contributed by atoms with Crippen LogP contribution in [0.25, 0.3) is 11.0 Å². The van der Waals surface area contributed by atoms with E-state index in [4.69, 9.17) is 11.6 Å². The quantitative estimate of drug-likeness (QED) is 0.351. The summed E-state index contributed by atoms with van der Waals surface area (Å²) in [6.07, 6.45) is -4.54. The monoisotopic (exact) mass is 506 g/mol. The molecule has 1 N–H and O–H groups in total. The number of hydrogen-bond acceptors (Lipinski definition) is 4. The van der Waals surface area contributed by atoms with Crippen LogP contribution in [0.15, 0.2) is 59.3 Å². The molecule has 176 valence electrons. The van der Waals surface area contributed by atoms with Crippen LogP contribution in [0.1, 0.15) is 18.1 Å². The molecule has 0 spiro atoms. The molecule has 0 aliphatic carbocycles. The molecule has 2 aromatic heterocycles. The normalized spacial score (nSPS) is 11.6. The molecule has 0 saturated carbocycles. The van der Waals surface area contributed by atoms with Crippen LogP contribution in [0.5, 0.6) is 0 Å². The first kappa shape index (κ1) is 23.8. The van der Waals surface area contributed by atoms with E-state index in [2.05, 4.69) is 10.3 Å². The third kappa shape index (κ3) is 5.23. The van der Waals surface area contributed by atoms with Crippen molar-refractivity contribution in [2.24, 2.45) is 0 Å². The molecule has 0 aliphatic rings. The number of benzene rings is 2. The zero-order chi connectivity index (χ0) is 24.5. The molecule has 0 unspecified atom stereocenters. The lowest BCUT2D eigenvalue weighted by Gasteiger charge is -2.23. The average molecular weight is 507 g/mol. The Bertz CT molecular complexity index is 1340. The summed E-state index contributed by atoms with van der Waals surface area (Å²) in [4.78, 5) is 30.3. The number of amides is 2. The lowest BCUT2D eigenvalue weighted by molar-refractivity contribution is -0.137. The molecule has 4 rings (SSSR count). The first-order valence-corrected chi connectivity index (χ1v) is 11.4. The molecule has 4 aromatic rings. The van der Waals surface area contributed by atoms with Crippen molar-refractivity contribution in [3.63, 3.8) is 0 Å². The number of fused-ring (bicyclic) bond motifs is 1. The fourth-order valence-corrected chi connectivity index (χ4v) is 4.36. The van der Waals surface area contributed by atoms with Gasteiger partial charge in [-0.15, -0.1) is 0 Å². The van der Waals surface area contributed by atoms with Crippen molar-refractivity contribution >= 4 is 57.2 Å². The topological polar surface area (TPSA) is 67.2 Å². The summed E-state index contributed by atoms with van der Waals surface area (Å²) in [5, 5.41) is 6.37. The number of hydrogen-bond donors (Lipinski definition) is 1. The minimum absolute atomic E-state index is 0.0841. The Morgan fingerprint density at radius 2 is 1.88 bits per heavy atom.